The fraction of sp³-hybridized carbons (Fsp3) is 0.533. The minimum absolute atomic E-state index is 0.217. The first-order valence-corrected chi connectivity index (χ1v) is 7.01. The number of likely N-dealkylation sites (tertiary alicyclic amines) is 1. The molecule has 2 atom stereocenters. The zero-order valence-electron chi connectivity index (χ0n) is 11.6. The van der Waals surface area contributed by atoms with Crippen LogP contribution < -0.4 is 5.73 Å². The van der Waals surface area contributed by atoms with Crippen LogP contribution in [0.15, 0.2) is 12.1 Å². The zero-order chi connectivity index (χ0) is 14.3. The lowest BCUT2D eigenvalue weighted by molar-refractivity contribution is 0.0535. The number of nitrogens with zero attached hydrogens (tertiary/aromatic N) is 1. The van der Waals surface area contributed by atoms with Crippen molar-refractivity contribution in [2.24, 2.45) is 5.73 Å². The van der Waals surface area contributed by atoms with Gasteiger partial charge in [0.2, 0.25) is 0 Å². The molecule has 1 aromatic carbocycles. The molecule has 2 aliphatic rings. The molecular formula is C15H20N2O3. The maximum absolute atomic E-state index is 11.5. The number of benzene rings is 1. The second-order valence-electron chi connectivity index (χ2n) is 5.71. The molecule has 0 spiro atoms. The van der Waals surface area contributed by atoms with E-state index in [0.717, 1.165) is 36.2 Å². The fourth-order valence-corrected chi connectivity index (χ4v) is 3.10. The first-order chi connectivity index (χ1) is 9.56. The summed E-state index contributed by atoms with van der Waals surface area (Å²) in [6.45, 7) is 4.61. The zero-order valence-corrected chi connectivity index (χ0v) is 11.6. The Hall–Kier alpha value is -1.43. The number of carbonyl (C=O) groups excluding carboxylic acids is 1. The van der Waals surface area contributed by atoms with Crippen molar-refractivity contribution in [2.45, 2.75) is 32.1 Å². The van der Waals surface area contributed by atoms with Crippen molar-refractivity contribution in [1.82, 2.24) is 4.90 Å². The predicted molar refractivity (Wildman–Crippen MR) is 74.3 cm³/mol. The highest BCUT2D eigenvalue weighted by Crippen LogP contribution is 2.29. The van der Waals surface area contributed by atoms with Gasteiger partial charge in [-0.3, -0.25) is 4.90 Å². The van der Waals surface area contributed by atoms with Gasteiger partial charge in [0.25, 0.3) is 0 Å². The van der Waals surface area contributed by atoms with Gasteiger partial charge in [0, 0.05) is 24.7 Å². The summed E-state index contributed by atoms with van der Waals surface area (Å²) in [5.41, 5.74) is 9.25. The third kappa shape index (κ3) is 2.32. The Morgan fingerprint density at radius 2 is 2.35 bits per heavy atom. The molecule has 0 amide bonds. The van der Waals surface area contributed by atoms with Gasteiger partial charge < -0.3 is 15.6 Å². The first kappa shape index (κ1) is 13.5. The summed E-state index contributed by atoms with van der Waals surface area (Å²) in [6, 6.07) is 3.81. The van der Waals surface area contributed by atoms with Gasteiger partial charge in [-0.05, 0) is 37.1 Å². The highest BCUT2D eigenvalue weighted by Gasteiger charge is 2.27. The number of fused-ring (bicyclic) bond motifs is 1. The number of hydrogen-bond acceptors (Lipinski definition) is 5. The van der Waals surface area contributed by atoms with E-state index in [4.69, 9.17) is 10.5 Å². The molecule has 0 aromatic heterocycles. The third-order valence-corrected chi connectivity index (χ3v) is 4.31. The van der Waals surface area contributed by atoms with E-state index in [9.17, 15) is 9.90 Å². The number of carbonyl (C=O) groups is 1. The van der Waals surface area contributed by atoms with Gasteiger partial charge in [-0.1, -0.05) is 6.07 Å². The van der Waals surface area contributed by atoms with Crippen molar-refractivity contribution in [2.75, 3.05) is 19.6 Å². The minimum Gasteiger partial charge on any atom is -0.457 e. The van der Waals surface area contributed by atoms with Crippen LogP contribution in [0.25, 0.3) is 0 Å². The van der Waals surface area contributed by atoms with E-state index in [2.05, 4.69) is 4.90 Å². The molecule has 0 aliphatic carbocycles. The lowest BCUT2D eigenvalue weighted by Crippen LogP contribution is -2.30. The summed E-state index contributed by atoms with van der Waals surface area (Å²) < 4.78 is 5.04. The highest BCUT2D eigenvalue weighted by molar-refractivity contribution is 5.93. The van der Waals surface area contributed by atoms with Crippen LogP contribution in [0, 0.1) is 6.92 Å². The molecule has 3 rings (SSSR count). The molecule has 1 saturated heterocycles. The van der Waals surface area contributed by atoms with Crippen LogP contribution in [0.3, 0.4) is 0 Å². The fourth-order valence-electron chi connectivity index (χ4n) is 3.10. The monoisotopic (exact) mass is 276 g/mol. The van der Waals surface area contributed by atoms with Crippen LogP contribution in [0.2, 0.25) is 0 Å². The number of aliphatic hydroxyl groups is 1. The van der Waals surface area contributed by atoms with Crippen molar-refractivity contribution < 1.29 is 14.6 Å². The molecule has 1 aromatic rings. The molecule has 2 heterocycles. The molecule has 2 aliphatic heterocycles. The largest absolute Gasteiger partial charge is 0.457 e. The number of esters is 1. The van der Waals surface area contributed by atoms with Crippen molar-refractivity contribution in [3.8, 4) is 0 Å². The molecule has 5 heteroatoms. The van der Waals surface area contributed by atoms with Gasteiger partial charge in [-0.25, -0.2) is 4.79 Å². The standard InChI is InChI=1S/C15H20N2O3/c1-9-11(2-3-12-13(9)8-20-15(12)19)14(18)7-17-5-4-10(16)6-17/h2-3,10,14,18H,4-8,16H2,1H3/t10-,14-/m0/s1. The van der Waals surface area contributed by atoms with Crippen LogP contribution in [0.5, 0.6) is 0 Å². The number of β-amino-alcohol motifs (C(OH)–C–C–N with tert-alkyl or cyclic N) is 1. The van der Waals surface area contributed by atoms with Crippen LogP contribution >= 0.6 is 0 Å². The van der Waals surface area contributed by atoms with Gasteiger partial charge in [0.15, 0.2) is 0 Å². The summed E-state index contributed by atoms with van der Waals surface area (Å²) in [4.78, 5) is 13.7. The molecule has 108 valence electrons. The minimum atomic E-state index is -0.554. The molecule has 1 fully saturated rings. The number of aliphatic hydroxyl groups excluding tert-OH is 1. The van der Waals surface area contributed by atoms with E-state index in [1.807, 2.05) is 13.0 Å². The van der Waals surface area contributed by atoms with Crippen LogP contribution in [0.4, 0.5) is 0 Å². The molecule has 0 radical (unpaired) electrons. The Labute approximate surface area is 118 Å². The first-order valence-electron chi connectivity index (χ1n) is 7.01. The van der Waals surface area contributed by atoms with Crippen LogP contribution in [-0.2, 0) is 11.3 Å². The lowest BCUT2D eigenvalue weighted by atomic mass is 9.95. The highest BCUT2D eigenvalue weighted by atomic mass is 16.5. The normalized spacial score (nSPS) is 23.8. The second kappa shape index (κ2) is 5.16. The molecule has 20 heavy (non-hydrogen) atoms. The summed E-state index contributed by atoms with van der Waals surface area (Å²) in [5.74, 6) is -0.269. The van der Waals surface area contributed by atoms with E-state index in [0.29, 0.717) is 18.7 Å². The summed E-state index contributed by atoms with van der Waals surface area (Å²) in [7, 11) is 0. The van der Waals surface area contributed by atoms with Gasteiger partial charge in [-0.15, -0.1) is 0 Å². The maximum atomic E-state index is 11.5. The molecule has 0 unspecified atom stereocenters. The van der Waals surface area contributed by atoms with Crippen LogP contribution in [0.1, 0.15) is 39.6 Å². The maximum Gasteiger partial charge on any atom is 0.338 e. The number of rotatable bonds is 3. The number of ether oxygens (including phenoxy) is 1. The summed E-state index contributed by atoms with van der Waals surface area (Å²) >= 11 is 0. The Bertz CT molecular complexity index is 544. The summed E-state index contributed by atoms with van der Waals surface area (Å²) in [6.07, 6.45) is 0.430. The van der Waals surface area contributed by atoms with E-state index in [1.54, 1.807) is 6.07 Å². The molecular weight excluding hydrogens is 256 g/mol. The van der Waals surface area contributed by atoms with Gasteiger partial charge in [0.05, 0.1) is 11.7 Å². The van der Waals surface area contributed by atoms with Gasteiger partial charge >= 0.3 is 5.97 Å². The van der Waals surface area contributed by atoms with E-state index in [-0.39, 0.29) is 12.0 Å². The Kier molecular flexibility index (Phi) is 3.50. The Morgan fingerprint density at radius 3 is 3.05 bits per heavy atom. The smallest absolute Gasteiger partial charge is 0.338 e. The Balaban J connectivity index is 1.78. The Morgan fingerprint density at radius 1 is 1.55 bits per heavy atom. The van der Waals surface area contributed by atoms with Gasteiger partial charge in [-0.2, -0.15) is 0 Å². The number of nitrogens with two attached hydrogens (primary N) is 1. The van der Waals surface area contributed by atoms with Crippen molar-refractivity contribution in [3.05, 3.63) is 34.4 Å². The van der Waals surface area contributed by atoms with E-state index in [1.165, 1.54) is 0 Å². The average molecular weight is 276 g/mol. The van der Waals surface area contributed by atoms with Crippen molar-refractivity contribution >= 4 is 5.97 Å². The molecule has 0 saturated carbocycles. The molecule has 0 bridgehead atoms. The number of cyclic esters (lactones) is 1. The van der Waals surface area contributed by atoms with E-state index >= 15 is 0 Å². The number of hydrogen-bond donors (Lipinski definition) is 2. The quantitative estimate of drug-likeness (QED) is 0.796. The predicted octanol–water partition coefficient (Wildman–Crippen LogP) is 0.732. The molecule has 3 N–H and O–H groups in total. The average Bonchev–Trinajstić information content (AvgIpc) is 2.97. The third-order valence-electron chi connectivity index (χ3n) is 4.31. The second-order valence-corrected chi connectivity index (χ2v) is 5.71. The van der Waals surface area contributed by atoms with Crippen LogP contribution in [-0.4, -0.2) is 41.7 Å². The SMILES string of the molecule is Cc1c([C@@H](O)CN2CC[C@H](N)C2)ccc2c1COC2=O. The van der Waals surface area contributed by atoms with Crippen molar-refractivity contribution in [1.29, 1.82) is 0 Å². The lowest BCUT2D eigenvalue weighted by Gasteiger charge is -2.21. The van der Waals surface area contributed by atoms with Gasteiger partial charge in [0.1, 0.15) is 6.61 Å². The topological polar surface area (TPSA) is 75.8 Å². The van der Waals surface area contributed by atoms with Crippen molar-refractivity contribution in [3.63, 3.8) is 0 Å². The molecule has 5 nitrogen and oxygen atoms in total. The summed E-state index contributed by atoms with van der Waals surface area (Å²) in [5, 5.41) is 10.4. The van der Waals surface area contributed by atoms with E-state index < -0.39 is 6.10 Å².